The number of amides is 2. The Morgan fingerprint density at radius 3 is 2.75 bits per heavy atom. The number of hydrogen-bond donors (Lipinski definition) is 1. The van der Waals surface area contributed by atoms with E-state index in [1.54, 1.807) is 29.2 Å². The van der Waals surface area contributed by atoms with Crippen LogP contribution < -0.4 is 5.32 Å². The number of rotatable bonds is 4. The third-order valence-corrected chi connectivity index (χ3v) is 6.25. The number of halogens is 1. The van der Waals surface area contributed by atoms with Crippen LogP contribution in [0.15, 0.2) is 24.3 Å². The van der Waals surface area contributed by atoms with Crippen LogP contribution in [0.5, 0.6) is 0 Å². The molecule has 2 unspecified atom stereocenters. The van der Waals surface area contributed by atoms with Crippen LogP contribution in [0.25, 0.3) is 0 Å². The average Bonchev–Trinajstić information content (AvgIpc) is 3.35. The number of carbonyl (C=O) groups excluding carboxylic acids is 2. The number of nitrogens with zero attached hydrogens (tertiary/aromatic N) is 1. The van der Waals surface area contributed by atoms with E-state index in [1.807, 2.05) is 0 Å². The van der Waals surface area contributed by atoms with Crippen molar-refractivity contribution in [3.63, 3.8) is 0 Å². The van der Waals surface area contributed by atoms with E-state index in [9.17, 15) is 9.59 Å². The fraction of sp³-hybridized carbons (Fsp3) is 0.619. The van der Waals surface area contributed by atoms with E-state index < -0.39 is 11.8 Å². The summed E-state index contributed by atoms with van der Waals surface area (Å²) in [5.41, 5.74) is -0.205. The van der Waals surface area contributed by atoms with Crippen molar-refractivity contribution >= 4 is 23.4 Å². The summed E-state index contributed by atoms with van der Waals surface area (Å²) in [5.74, 6) is -0.368. The monoisotopic (exact) mass is 406 g/mol. The summed E-state index contributed by atoms with van der Waals surface area (Å²) >= 11 is 6.10. The number of benzene rings is 1. The number of ether oxygens (including phenoxy) is 2. The van der Waals surface area contributed by atoms with Gasteiger partial charge in [0.25, 0.3) is 5.91 Å². The molecule has 2 atom stereocenters. The first-order valence-electron chi connectivity index (χ1n) is 10.2. The van der Waals surface area contributed by atoms with Crippen molar-refractivity contribution < 1.29 is 19.1 Å². The van der Waals surface area contributed by atoms with Crippen LogP contribution in [0.4, 0.5) is 0 Å². The molecule has 152 valence electrons. The smallest absolute Gasteiger partial charge is 0.256 e. The minimum atomic E-state index is -0.691. The quantitative estimate of drug-likeness (QED) is 0.834. The Labute approximate surface area is 170 Å². The molecule has 1 aromatic carbocycles. The third-order valence-electron chi connectivity index (χ3n) is 6.02. The van der Waals surface area contributed by atoms with Crippen LogP contribution in [0.2, 0.25) is 5.02 Å². The lowest BCUT2D eigenvalue weighted by molar-refractivity contribution is -0.127. The molecule has 7 heteroatoms. The van der Waals surface area contributed by atoms with Crippen molar-refractivity contribution in [1.29, 1.82) is 0 Å². The second-order valence-corrected chi connectivity index (χ2v) is 8.34. The average molecular weight is 407 g/mol. The molecule has 28 heavy (non-hydrogen) atoms. The molecule has 2 amide bonds. The molecule has 1 aliphatic carbocycles. The van der Waals surface area contributed by atoms with E-state index in [0.717, 1.165) is 51.6 Å². The molecule has 0 bridgehead atoms. The van der Waals surface area contributed by atoms with Crippen LogP contribution in [0.3, 0.4) is 0 Å². The van der Waals surface area contributed by atoms with Gasteiger partial charge in [-0.05, 0) is 56.7 Å². The summed E-state index contributed by atoms with van der Waals surface area (Å²) in [4.78, 5) is 28.1. The van der Waals surface area contributed by atoms with Gasteiger partial charge in [-0.1, -0.05) is 24.1 Å². The zero-order chi connectivity index (χ0) is 19.6. The van der Waals surface area contributed by atoms with Gasteiger partial charge >= 0.3 is 0 Å². The molecule has 3 fully saturated rings. The Balaban J connectivity index is 1.55. The molecule has 0 radical (unpaired) electrons. The highest BCUT2D eigenvalue weighted by molar-refractivity contribution is 6.31. The van der Waals surface area contributed by atoms with E-state index in [2.05, 4.69) is 5.32 Å². The second kappa shape index (κ2) is 8.39. The maximum Gasteiger partial charge on any atom is 0.256 e. The fourth-order valence-corrected chi connectivity index (χ4v) is 4.76. The maximum atomic E-state index is 13.4. The highest BCUT2D eigenvalue weighted by atomic mass is 35.5. The first kappa shape index (κ1) is 19.7. The van der Waals surface area contributed by atoms with Gasteiger partial charge < -0.3 is 14.8 Å². The van der Waals surface area contributed by atoms with E-state index in [1.165, 1.54) is 0 Å². The number of nitrogens with one attached hydrogen (secondary N) is 1. The molecule has 1 N–H and O–H groups in total. The molecule has 2 aliphatic heterocycles. The molecule has 1 spiro atoms. The van der Waals surface area contributed by atoms with Crippen LogP contribution in [0.1, 0.15) is 55.3 Å². The van der Waals surface area contributed by atoms with Gasteiger partial charge in [0.1, 0.15) is 11.8 Å². The van der Waals surface area contributed by atoms with Gasteiger partial charge in [0.05, 0.1) is 12.7 Å². The predicted octanol–water partition coefficient (Wildman–Crippen LogP) is 3.14. The molecule has 3 aliphatic rings. The van der Waals surface area contributed by atoms with Gasteiger partial charge in [0.2, 0.25) is 5.91 Å². The molecule has 6 nitrogen and oxygen atoms in total. The molecule has 4 rings (SSSR count). The summed E-state index contributed by atoms with van der Waals surface area (Å²) in [6, 6.07) is 6.25. The van der Waals surface area contributed by atoms with Gasteiger partial charge in [-0.2, -0.15) is 0 Å². The van der Waals surface area contributed by atoms with Gasteiger partial charge in [-0.25, -0.2) is 0 Å². The minimum absolute atomic E-state index is 0.0620. The van der Waals surface area contributed by atoms with E-state index in [0.29, 0.717) is 17.1 Å². The van der Waals surface area contributed by atoms with Crippen molar-refractivity contribution in [2.75, 3.05) is 19.8 Å². The summed E-state index contributed by atoms with van der Waals surface area (Å²) in [5, 5.41) is 3.48. The van der Waals surface area contributed by atoms with Crippen LogP contribution in [0, 0.1) is 0 Å². The first-order valence-corrected chi connectivity index (χ1v) is 10.6. The summed E-state index contributed by atoms with van der Waals surface area (Å²) in [7, 11) is 0. The zero-order valence-electron chi connectivity index (χ0n) is 16.0. The summed E-state index contributed by atoms with van der Waals surface area (Å²) < 4.78 is 11.7. The third kappa shape index (κ3) is 3.91. The Morgan fingerprint density at radius 1 is 1.21 bits per heavy atom. The molecule has 0 aromatic heterocycles. The van der Waals surface area contributed by atoms with Crippen molar-refractivity contribution in [3.8, 4) is 0 Å². The van der Waals surface area contributed by atoms with Crippen LogP contribution in [-0.2, 0) is 14.3 Å². The topological polar surface area (TPSA) is 67.9 Å². The standard InChI is InChI=1S/C21H27ClN2O4/c22-16-7-4-6-15(12-16)20(26)24-18(14-28-21(24)9-2-1-3-10-21)19(25)23-13-17-8-5-11-27-17/h4,6-7,12,17-18H,1-3,5,8-11,13-14H2,(H,23,25). The van der Waals surface area contributed by atoms with Crippen molar-refractivity contribution in [3.05, 3.63) is 34.9 Å². The Hall–Kier alpha value is -1.63. The van der Waals surface area contributed by atoms with Gasteiger partial charge in [0.15, 0.2) is 0 Å². The lowest BCUT2D eigenvalue weighted by Gasteiger charge is -2.41. The Kier molecular flexibility index (Phi) is 5.90. The maximum absolute atomic E-state index is 13.4. The van der Waals surface area contributed by atoms with Gasteiger partial charge in [-0.15, -0.1) is 0 Å². The number of hydrogen-bond acceptors (Lipinski definition) is 4. The zero-order valence-corrected chi connectivity index (χ0v) is 16.7. The molecule has 2 saturated heterocycles. The van der Waals surface area contributed by atoms with Crippen LogP contribution >= 0.6 is 11.6 Å². The Morgan fingerprint density at radius 2 is 2.04 bits per heavy atom. The minimum Gasteiger partial charge on any atom is -0.376 e. The SMILES string of the molecule is O=C(NCC1CCCO1)C1COC2(CCCCC2)N1C(=O)c1cccc(Cl)c1. The highest BCUT2D eigenvalue weighted by Crippen LogP contribution is 2.41. The highest BCUT2D eigenvalue weighted by Gasteiger charge is 2.53. The molecule has 2 heterocycles. The molecule has 1 aromatic rings. The second-order valence-electron chi connectivity index (χ2n) is 7.90. The molecule has 1 saturated carbocycles. The van der Waals surface area contributed by atoms with Crippen molar-refractivity contribution in [2.24, 2.45) is 0 Å². The Bertz CT molecular complexity index is 729. The lowest BCUT2D eigenvalue weighted by atomic mass is 9.89. The van der Waals surface area contributed by atoms with Gasteiger partial charge in [-0.3, -0.25) is 14.5 Å². The van der Waals surface area contributed by atoms with E-state index in [4.69, 9.17) is 21.1 Å². The molecular formula is C21H27ClN2O4. The fourth-order valence-electron chi connectivity index (χ4n) is 4.57. The van der Waals surface area contributed by atoms with E-state index in [-0.39, 0.29) is 24.5 Å². The van der Waals surface area contributed by atoms with Gasteiger partial charge in [0, 0.05) is 23.7 Å². The first-order chi connectivity index (χ1) is 13.6. The molecular weight excluding hydrogens is 380 g/mol. The van der Waals surface area contributed by atoms with Crippen LogP contribution in [-0.4, -0.2) is 54.3 Å². The van der Waals surface area contributed by atoms with Crippen molar-refractivity contribution in [2.45, 2.75) is 62.8 Å². The summed E-state index contributed by atoms with van der Waals surface area (Å²) in [6.45, 7) is 1.45. The summed E-state index contributed by atoms with van der Waals surface area (Å²) in [6.07, 6.45) is 6.66. The normalized spacial score (nSPS) is 26.5. The largest absolute Gasteiger partial charge is 0.376 e. The predicted molar refractivity (Wildman–Crippen MR) is 105 cm³/mol. The van der Waals surface area contributed by atoms with Crippen molar-refractivity contribution in [1.82, 2.24) is 10.2 Å². The lowest BCUT2D eigenvalue weighted by Crippen LogP contribution is -2.56. The number of carbonyl (C=O) groups is 2. The van der Waals surface area contributed by atoms with E-state index >= 15 is 0 Å².